The fourth-order valence-corrected chi connectivity index (χ4v) is 4.65. The molecule has 0 spiro atoms. The average Bonchev–Trinajstić information content (AvgIpc) is 2.68. The highest BCUT2D eigenvalue weighted by Crippen LogP contribution is 2.31. The summed E-state index contributed by atoms with van der Waals surface area (Å²) in [4.78, 5) is 12.5. The van der Waals surface area contributed by atoms with E-state index in [2.05, 4.69) is 0 Å². The van der Waals surface area contributed by atoms with E-state index in [1.807, 2.05) is 4.90 Å². The molecule has 1 saturated heterocycles. The molecule has 8 nitrogen and oxygen atoms in total. The summed E-state index contributed by atoms with van der Waals surface area (Å²) in [5.74, 6) is 0.589. The molecule has 3 rings (SSSR count). The summed E-state index contributed by atoms with van der Waals surface area (Å²) >= 11 is 6.17. The molecule has 1 heterocycles. The number of halogens is 1. The van der Waals surface area contributed by atoms with Crippen LogP contribution >= 0.6 is 11.6 Å². The van der Waals surface area contributed by atoms with Crippen molar-refractivity contribution >= 4 is 33.0 Å². The number of rotatable bonds is 5. The second-order valence-electron chi connectivity index (χ2n) is 5.96. The van der Waals surface area contributed by atoms with Gasteiger partial charge in [-0.25, -0.2) is 8.42 Å². The molecule has 1 aliphatic heterocycles. The number of piperazine rings is 1. The van der Waals surface area contributed by atoms with Gasteiger partial charge in [0.25, 0.3) is 5.69 Å². The van der Waals surface area contributed by atoms with Crippen LogP contribution in [0.1, 0.15) is 0 Å². The first kappa shape index (κ1) is 19.4. The number of ether oxygens (including phenoxy) is 1. The first-order chi connectivity index (χ1) is 12.8. The van der Waals surface area contributed by atoms with Crippen molar-refractivity contribution < 1.29 is 18.1 Å². The Kier molecular flexibility index (Phi) is 5.54. The van der Waals surface area contributed by atoms with Crippen molar-refractivity contribution in [3.63, 3.8) is 0 Å². The van der Waals surface area contributed by atoms with Gasteiger partial charge in [-0.1, -0.05) is 11.6 Å². The summed E-state index contributed by atoms with van der Waals surface area (Å²) in [5.41, 5.74) is 0.577. The Labute approximate surface area is 162 Å². The molecule has 2 aromatic rings. The molecule has 10 heteroatoms. The van der Waals surface area contributed by atoms with Crippen LogP contribution in [0.3, 0.4) is 0 Å². The van der Waals surface area contributed by atoms with Gasteiger partial charge in [0.2, 0.25) is 10.0 Å². The number of methoxy groups -OCH3 is 1. The number of nitrogens with zero attached hydrogens (tertiary/aromatic N) is 3. The fourth-order valence-electron chi connectivity index (χ4n) is 2.93. The molecule has 0 aromatic heterocycles. The molecule has 2 aromatic carbocycles. The molecule has 1 aliphatic rings. The fraction of sp³-hybridized carbons (Fsp3) is 0.294. The zero-order chi connectivity index (χ0) is 19.6. The molecule has 0 amide bonds. The summed E-state index contributed by atoms with van der Waals surface area (Å²) < 4.78 is 32.0. The van der Waals surface area contributed by atoms with Crippen molar-refractivity contribution in [3.05, 3.63) is 57.6 Å². The number of nitro benzene ring substituents is 1. The molecule has 0 N–H and O–H groups in total. The van der Waals surface area contributed by atoms with Gasteiger partial charge in [-0.3, -0.25) is 10.1 Å². The Bertz CT molecular complexity index is 942. The van der Waals surface area contributed by atoms with Gasteiger partial charge in [0.05, 0.1) is 27.6 Å². The molecule has 0 radical (unpaired) electrons. The van der Waals surface area contributed by atoms with E-state index in [1.165, 1.54) is 35.7 Å². The zero-order valence-electron chi connectivity index (χ0n) is 14.5. The molecule has 1 fully saturated rings. The maximum Gasteiger partial charge on any atom is 0.271 e. The van der Waals surface area contributed by atoms with E-state index in [4.69, 9.17) is 16.3 Å². The van der Waals surface area contributed by atoms with E-state index in [9.17, 15) is 18.5 Å². The van der Waals surface area contributed by atoms with Crippen LogP contribution in [0.2, 0.25) is 5.02 Å². The molecular weight excluding hydrogens is 394 g/mol. The smallest absolute Gasteiger partial charge is 0.271 e. The predicted octanol–water partition coefficient (Wildman–Crippen LogP) is 2.77. The van der Waals surface area contributed by atoms with Crippen molar-refractivity contribution in [2.75, 3.05) is 38.2 Å². The Morgan fingerprint density at radius 1 is 1.07 bits per heavy atom. The number of hydrogen-bond donors (Lipinski definition) is 0. The lowest BCUT2D eigenvalue weighted by Crippen LogP contribution is -2.48. The van der Waals surface area contributed by atoms with Gasteiger partial charge >= 0.3 is 0 Å². The van der Waals surface area contributed by atoms with E-state index in [0.717, 1.165) is 0 Å². The van der Waals surface area contributed by atoms with Gasteiger partial charge in [-0.15, -0.1) is 0 Å². The monoisotopic (exact) mass is 411 g/mol. The Hall–Kier alpha value is -2.36. The predicted molar refractivity (Wildman–Crippen MR) is 102 cm³/mol. The Balaban J connectivity index is 1.72. The maximum atomic E-state index is 12.8. The molecule has 0 atom stereocenters. The third-order valence-electron chi connectivity index (χ3n) is 4.42. The van der Waals surface area contributed by atoms with E-state index < -0.39 is 14.9 Å². The number of hydrogen-bond acceptors (Lipinski definition) is 6. The van der Waals surface area contributed by atoms with Crippen LogP contribution in [0, 0.1) is 10.1 Å². The van der Waals surface area contributed by atoms with Crippen molar-refractivity contribution in [1.29, 1.82) is 0 Å². The van der Waals surface area contributed by atoms with Crippen molar-refractivity contribution in [1.82, 2.24) is 4.31 Å². The minimum atomic E-state index is -3.59. The van der Waals surface area contributed by atoms with Crippen molar-refractivity contribution in [3.8, 4) is 5.75 Å². The number of nitro groups is 1. The normalized spacial score (nSPS) is 15.6. The lowest BCUT2D eigenvalue weighted by Gasteiger charge is -2.35. The Morgan fingerprint density at radius 2 is 1.70 bits per heavy atom. The average molecular weight is 412 g/mol. The highest BCUT2D eigenvalue weighted by Gasteiger charge is 2.29. The third kappa shape index (κ3) is 4.00. The topological polar surface area (TPSA) is 93.0 Å². The first-order valence-electron chi connectivity index (χ1n) is 8.16. The Morgan fingerprint density at radius 3 is 2.22 bits per heavy atom. The van der Waals surface area contributed by atoms with Gasteiger partial charge in [0, 0.05) is 38.3 Å². The number of benzene rings is 2. The van der Waals surface area contributed by atoms with Crippen molar-refractivity contribution in [2.24, 2.45) is 0 Å². The molecule has 0 bridgehead atoms. The van der Waals surface area contributed by atoms with Crippen molar-refractivity contribution in [2.45, 2.75) is 4.90 Å². The van der Waals surface area contributed by atoms with Crippen LogP contribution in [-0.4, -0.2) is 50.9 Å². The van der Waals surface area contributed by atoms with Gasteiger partial charge in [-0.2, -0.15) is 4.31 Å². The van der Waals surface area contributed by atoms with Crippen LogP contribution in [0.5, 0.6) is 5.75 Å². The lowest BCUT2D eigenvalue weighted by atomic mass is 10.2. The highest BCUT2D eigenvalue weighted by atomic mass is 35.5. The van der Waals surface area contributed by atoms with Gasteiger partial charge in [0.15, 0.2) is 0 Å². The minimum Gasteiger partial charge on any atom is -0.497 e. The summed E-state index contributed by atoms with van der Waals surface area (Å²) in [6.07, 6.45) is 0. The van der Waals surface area contributed by atoms with Gasteiger partial charge < -0.3 is 9.64 Å². The van der Waals surface area contributed by atoms with E-state index >= 15 is 0 Å². The molecule has 0 aliphatic carbocycles. The summed E-state index contributed by atoms with van der Waals surface area (Å²) in [6, 6.07) is 10.5. The summed E-state index contributed by atoms with van der Waals surface area (Å²) in [6.45, 7) is 1.46. The second kappa shape index (κ2) is 7.71. The van der Waals surface area contributed by atoms with Crippen LogP contribution in [0.25, 0.3) is 0 Å². The first-order valence-corrected chi connectivity index (χ1v) is 9.98. The largest absolute Gasteiger partial charge is 0.497 e. The lowest BCUT2D eigenvalue weighted by molar-refractivity contribution is -0.384. The number of sulfonamides is 1. The molecule has 0 unspecified atom stereocenters. The third-order valence-corrected chi connectivity index (χ3v) is 6.63. The molecule has 0 saturated carbocycles. The molecule has 27 heavy (non-hydrogen) atoms. The quantitative estimate of drug-likeness (QED) is 0.554. The standard InChI is InChI=1S/C17H18ClN3O5S/c1-26-14-3-5-15(6-4-14)27(24,25)20-10-8-19(9-11-20)17-7-2-13(21(22)23)12-16(17)18/h2-7,12H,8-11H2,1H3. The zero-order valence-corrected chi connectivity index (χ0v) is 16.1. The maximum absolute atomic E-state index is 12.8. The van der Waals surface area contributed by atoms with E-state index in [0.29, 0.717) is 37.6 Å². The molecule has 144 valence electrons. The highest BCUT2D eigenvalue weighted by molar-refractivity contribution is 7.89. The van der Waals surface area contributed by atoms with Crippen LogP contribution in [0.15, 0.2) is 47.4 Å². The SMILES string of the molecule is COc1ccc(S(=O)(=O)N2CCN(c3ccc([N+](=O)[O-])cc3Cl)CC2)cc1. The van der Waals surface area contributed by atoms with Gasteiger partial charge in [0.1, 0.15) is 5.75 Å². The van der Waals surface area contributed by atoms with Crippen LogP contribution in [0.4, 0.5) is 11.4 Å². The summed E-state index contributed by atoms with van der Waals surface area (Å²) in [7, 11) is -2.07. The second-order valence-corrected chi connectivity index (χ2v) is 8.30. The summed E-state index contributed by atoms with van der Waals surface area (Å²) in [5, 5.41) is 11.1. The number of non-ortho nitro benzene ring substituents is 1. The number of anilines is 1. The van der Waals surface area contributed by atoms with E-state index in [-0.39, 0.29) is 15.6 Å². The van der Waals surface area contributed by atoms with E-state index in [1.54, 1.807) is 18.2 Å². The van der Waals surface area contributed by atoms with Gasteiger partial charge in [-0.05, 0) is 30.3 Å². The van der Waals surface area contributed by atoms with Crippen LogP contribution in [-0.2, 0) is 10.0 Å². The molecular formula is C17H18ClN3O5S. The minimum absolute atomic E-state index is 0.0792. The van der Waals surface area contributed by atoms with Crippen LogP contribution < -0.4 is 9.64 Å².